The zero-order chi connectivity index (χ0) is 10.5. The van der Waals surface area contributed by atoms with Crippen molar-refractivity contribution < 1.29 is 5.11 Å². The molecule has 0 spiro atoms. The summed E-state index contributed by atoms with van der Waals surface area (Å²) in [6.45, 7) is 7.97. The molecule has 0 saturated carbocycles. The number of alkyl halides is 2. The van der Waals surface area contributed by atoms with Crippen LogP contribution in [0.25, 0.3) is 0 Å². The number of hydrogen-bond acceptors (Lipinski definition) is 1. The largest absolute Gasteiger partial charge is 0.396 e. The van der Waals surface area contributed by atoms with Crippen molar-refractivity contribution in [1.29, 1.82) is 0 Å². The van der Waals surface area contributed by atoms with Crippen molar-refractivity contribution in [1.82, 2.24) is 0 Å². The average molecular weight is 225 g/mol. The first-order chi connectivity index (χ1) is 6.01. The Morgan fingerprint density at radius 2 is 1.92 bits per heavy atom. The molecule has 0 aliphatic carbocycles. The second-order valence-electron chi connectivity index (χ2n) is 3.88. The van der Waals surface area contributed by atoms with Crippen LogP contribution in [-0.2, 0) is 0 Å². The summed E-state index contributed by atoms with van der Waals surface area (Å²) in [5.74, 6) is 1.14. The maximum Gasteiger partial charge on any atom is 0.0510 e. The summed E-state index contributed by atoms with van der Waals surface area (Å²) >= 11 is 11.6. The van der Waals surface area contributed by atoms with Gasteiger partial charge in [0.2, 0.25) is 0 Å². The van der Waals surface area contributed by atoms with Crippen molar-refractivity contribution in [2.45, 2.75) is 20.3 Å². The van der Waals surface area contributed by atoms with Crippen LogP contribution in [0, 0.1) is 11.3 Å². The van der Waals surface area contributed by atoms with Gasteiger partial charge in [-0.15, -0.1) is 23.2 Å². The van der Waals surface area contributed by atoms with Crippen molar-refractivity contribution in [3.05, 3.63) is 12.2 Å². The molecular weight excluding hydrogens is 207 g/mol. The van der Waals surface area contributed by atoms with Gasteiger partial charge in [-0.3, -0.25) is 0 Å². The van der Waals surface area contributed by atoms with Gasteiger partial charge < -0.3 is 5.11 Å². The molecule has 1 atom stereocenters. The summed E-state index contributed by atoms with van der Waals surface area (Å²) in [4.78, 5) is 0. The lowest BCUT2D eigenvalue weighted by Crippen LogP contribution is -2.32. The molecule has 0 aromatic rings. The van der Waals surface area contributed by atoms with Gasteiger partial charge >= 0.3 is 0 Å². The third kappa shape index (κ3) is 3.88. The lowest BCUT2D eigenvalue weighted by molar-refractivity contribution is 0.145. The van der Waals surface area contributed by atoms with Crippen molar-refractivity contribution in [3.63, 3.8) is 0 Å². The molecule has 0 radical (unpaired) electrons. The molecule has 0 aliphatic heterocycles. The van der Waals surface area contributed by atoms with Crippen molar-refractivity contribution in [3.8, 4) is 0 Å². The molecule has 13 heavy (non-hydrogen) atoms. The van der Waals surface area contributed by atoms with E-state index in [0.29, 0.717) is 17.7 Å². The molecule has 0 aromatic heterocycles. The van der Waals surface area contributed by atoms with Crippen LogP contribution < -0.4 is 0 Å². The number of aliphatic hydroxyl groups excluding tert-OH is 1. The highest BCUT2D eigenvalue weighted by Gasteiger charge is 2.29. The van der Waals surface area contributed by atoms with E-state index in [1.807, 2.05) is 6.92 Å². The highest BCUT2D eigenvalue weighted by molar-refractivity contribution is 6.21. The van der Waals surface area contributed by atoms with Crippen molar-refractivity contribution >= 4 is 23.2 Å². The highest BCUT2D eigenvalue weighted by Crippen LogP contribution is 2.31. The molecule has 3 heteroatoms. The minimum atomic E-state index is -0.346. The summed E-state index contributed by atoms with van der Waals surface area (Å²) in [7, 11) is 0. The second-order valence-corrected chi connectivity index (χ2v) is 4.41. The van der Waals surface area contributed by atoms with E-state index in [2.05, 4.69) is 13.5 Å². The molecule has 1 nitrogen and oxygen atoms in total. The topological polar surface area (TPSA) is 20.2 Å². The molecule has 0 heterocycles. The van der Waals surface area contributed by atoms with E-state index in [4.69, 9.17) is 23.2 Å². The summed E-state index contributed by atoms with van der Waals surface area (Å²) in [6, 6.07) is 0. The number of halogens is 2. The molecule has 0 aliphatic rings. The van der Waals surface area contributed by atoms with Gasteiger partial charge in [0.1, 0.15) is 0 Å². The average Bonchev–Trinajstić information content (AvgIpc) is 2.14. The predicted molar refractivity (Wildman–Crippen MR) is 59.6 cm³/mol. The van der Waals surface area contributed by atoms with Gasteiger partial charge in [0, 0.05) is 17.2 Å². The predicted octanol–water partition coefficient (Wildman–Crippen LogP) is 3.05. The minimum Gasteiger partial charge on any atom is -0.396 e. The van der Waals surface area contributed by atoms with Gasteiger partial charge in [0.25, 0.3) is 0 Å². The molecule has 78 valence electrons. The first-order valence-corrected chi connectivity index (χ1v) is 5.46. The van der Waals surface area contributed by atoms with Gasteiger partial charge in [-0.2, -0.15) is 0 Å². The third-order valence-electron chi connectivity index (χ3n) is 2.48. The Labute approximate surface area is 90.7 Å². The monoisotopic (exact) mass is 224 g/mol. The standard InChI is InChI=1S/C10H18Cl2O/c1-8(2)9(3)4-10(5-11,6-12)7-13/h9,13H,1,4-7H2,2-3H3. The Balaban J connectivity index is 4.32. The van der Waals surface area contributed by atoms with Crippen LogP contribution in [0.15, 0.2) is 12.2 Å². The van der Waals surface area contributed by atoms with E-state index in [1.165, 1.54) is 0 Å². The smallest absolute Gasteiger partial charge is 0.0510 e. The summed E-state index contributed by atoms with van der Waals surface area (Å²) in [5, 5.41) is 9.21. The molecule has 0 amide bonds. The second kappa shape index (κ2) is 5.90. The van der Waals surface area contributed by atoms with Gasteiger partial charge in [-0.1, -0.05) is 19.1 Å². The van der Waals surface area contributed by atoms with E-state index >= 15 is 0 Å². The van der Waals surface area contributed by atoms with Gasteiger partial charge in [-0.25, -0.2) is 0 Å². The van der Waals surface area contributed by atoms with Crippen LogP contribution in [0.3, 0.4) is 0 Å². The Morgan fingerprint density at radius 1 is 1.46 bits per heavy atom. The first kappa shape index (κ1) is 13.3. The van der Waals surface area contributed by atoms with Crippen LogP contribution in [-0.4, -0.2) is 23.5 Å². The molecule has 0 saturated heterocycles. The van der Waals surface area contributed by atoms with E-state index < -0.39 is 0 Å². The fourth-order valence-corrected chi connectivity index (χ4v) is 1.79. The van der Waals surface area contributed by atoms with Crippen LogP contribution in [0.5, 0.6) is 0 Å². The fraction of sp³-hybridized carbons (Fsp3) is 0.800. The molecule has 1 N–H and O–H groups in total. The molecule has 0 fully saturated rings. The Morgan fingerprint density at radius 3 is 2.15 bits per heavy atom. The van der Waals surface area contributed by atoms with Crippen LogP contribution in [0.2, 0.25) is 0 Å². The number of rotatable bonds is 6. The summed E-state index contributed by atoms with van der Waals surface area (Å²) in [6.07, 6.45) is 0.797. The van der Waals surface area contributed by atoms with Crippen molar-refractivity contribution in [2.24, 2.45) is 11.3 Å². The maximum atomic E-state index is 9.21. The summed E-state index contributed by atoms with van der Waals surface area (Å²) < 4.78 is 0. The quantitative estimate of drug-likeness (QED) is 0.544. The lowest BCUT2D eigenvalue weighted by Gasteiger charge is -2.30. The van der Waals surface area contributed by atoms with Crippen LogP contribution in [0.1, 0.15) is 20.3 Å². The zero-order valence-electron chi connectivity index (χ0n) is 8.32. The highest BCUT2D eigenvalue weighted by atomic mass is 35.5. The Hall–Kier alpha value is 0.280. The molecular formula is C10H18Cl2O. The normalized spacial score (nSPS) is 14.2. The zero-order valence-corrected chi connectivity index (χ0v) is 9.83. The Bertz CT molecular complexity index is 156. The maximum absolute atomic E-state index is 9.21. The number of hydrogen-bond donors (Lipinski definition) is 1. The van der Waals surface area contributed by atoms with E-state index in [9.17, 15) is 5.11 Å². The third-order valence-corrected chi connectivity index (χ3v) is 3.62. The van der Waals surface area contributed by atoms with E-state index in [1.54, 1.807) is 0 Å². The lowest BCUT2D eigenvalue weighted by atomic mass is 9.81. The Kier molecular flexibility index (Phi) is 6.02. The van der Waals surface area contributed by atoms with Gasteiger partial charge in [-0.05, 0) is 19.3 Å². The van der Waals surface area contributed by atoms with Crippen LogP contribution >= 0.6 is 23.2 Å². The molecule has 0 bridgehead atoms. The minimum absolute atomic E-state index is 0.0393. The first-order valence-electron chi connectivity index (χ1n) is 4.39. The number of allylic oxidation sites excluding steroid dienone is 1. The van der Waals surface area contributed by atoms with Gasteiger partial charge in [0.05, 0.1) is 6.61 Å². The number of aliphatic hydroxyl groups is 1. The van der Waals surface area contributed by atoms with E-state index in [0.717, 1.165) is 12.0 Å². The van der Waals surface area contributed by atoms with E-state index in [-0.39, 0.29) is 12.0 Å². The molecule has 0 aromatic carbocycles. The molecule has 0 rings (SSSR count). The molecule has 1 unspecified atom stereocenters. The van der Waals surface area contributed by atoms with Gasteiger partial charge in [0.15, 0.2) is 0 Å². The SMILES string of the molecule is C=C(C)C(C)CC(CO)(CCl)CCl. The fourth-order valence-electron chi connectivity index (χ4n) is 1.12. The summed E-state index contributed by atoms with van der Waals surface area (Å²) in [5.41, 5.74) is 0.759. The van der Waals surface area contributed by atoms with Crippen LogP contribution in [0.4, 0.5) is 0 Å². The van der Waals surface area contributed by atoms with Crippen molar-refractivity contribution in [2.75, 3.05) is 18.4 Å².